The molecule has 0 aliphatic carbocycles. The molecule has 2 heterocycles. The number of ether oxygens (including phenoxy) is 1. The molecule has 0 amide bonds. The number of nitrogen functional groups attached to an aromatic ring is 1. The fourth-order valence-electron chi connectivity index (χ4n) is 3.46. The third-order valence-corrected chi connectivity index (χ3v) is 4.99. The number of fused-ring (bicyclic) bond motifs is 1. The van der Waals surface area contributed by atoms with Crippen LogP contribution in [0.5, 0.6) is 0 Å². The molecule has 2 aromatic heterocycles. The Morgan fingerprint density at radius 3 is 2.26 bits per heavy atom. The summed E-state index contributed by atoms with van der Waals surface area (Å²) in [6.45, 7) is 4.39. The molecule has 2 N–H and O–H groups in total. The zero-order valence-electron chi connectivity index (χ0n) is 18.9. The van der Waals surface area contributed by atoms with Gasteiger partial charge in [0.15, 0.2) is 5.92 Å². The number of nitrogens with zero attached hydrogens (tertiary/aromatic N) is 3. The number of aromatic nitrogens is 3. The first kappa shape index (κ1) is 26.1. The first-order valence-corrected chi connectivity index (χ1v) is 10.3. The first-order chi connectivity index (χ1) is 16.0. The maximum atomic E-state index is 13.2. The van der Waals surface area contributed by atoms with Crippen molar-refractivity contribution in [3.63, 3.8) is 0 Å². The zero-order chi connectivity index (χ0) is 26.3. The van der Waals surface area contributed by atoms with Crippen molar-refractivity contribution >= 4 is 22.8 Å². The molecule has 0 atom stereocenters. The van der Waals surface area contributed by atoms with Gasteiger partial charge in [-0.05, 0) is 51.0 Å². The monoisotopic (exact) mass is 504 g/mol. The van der Waals surface area contributed by atoms with E-state index < -0.39 is 41.9 Å². The van der Waals surface area contributed by atoms with E-state index in [2.05, 4.69) is 4.98 Å². The predicted octanol–water partition coefficient (Wildman–Crippen LogP) is 4.90. The van der Waals surface area contributed by atoms with Gasteiger partial charge in [-0.25, -0.2) is 14.3 Å². The van der Waals surface area contributed by atoms with Crippen molar-refractivity contribution in [3.05, 3.63) is 58.3 Å². The maximum Gasteiger partial charge on any atom is 0.420 e. The van der Waals surface area contributed by atoms with Crippen LogP contribution in [0.4, 0.5) is 36.8 Å². The van der Waals surface area contributed by atoms with Gasteiger partial charge in [-0.1, -0.05) is 12.1 Å². The highest BCUT2D eigenvalue weighted by atomic mass is 19.4. The molecular formula is C22H22F6N4O3. The molecule has 0 unspecified atom stereocenters. The summed E-state index contributed by atoms with van der Waals surface area (Å²) in [7, 11) is 0. The lowest BCUT2D eigenvalue weighted by Crippen LogP contribution is -2.38. The molecule has 190 valence electrons. The molecule has 13 heteroatoms. The zero-order valence-corrected chi connectivity index (χ0v) is 18.9. The summed E-state index contributed by atoms with van der Waals surface area (Å²) in [5.41, 5.74) is 3.24. The van der Waals surface area contributed by atoms with Crippen LogP contribution >= 0.6 is 0 Å². The summed E-state index contributed by atoms with van der Waals surface area (Å²) in [4.78, 5) is 29.5. The number of halogens is 6. The molecule has 0 saturated heterocycles. The van der Waals surface area contributed by atoms with Crippen LogP contribution in [0.2, 0.25) is 0 Å². The Morgan fingerprint density at radius 1 is 1.06 bits per heavy atom. The van der Waals surface area contributed by atoms with Gasteiger partial charge in [-0.2, -0.15) is 26.3 Å². The van der Waals surface area contributed by atoms with Gasteiger partial charge in [0, 0.05) is 6.20 Å². The molecular weight excluding hydrogens is 482 g/mol. The van der Waals surface area contributed by atoms with Crippen LogP contribution in [0.25, 0.3) is 11.0 Å². The van der Waals surface area contributed by atoms with Crippen LogP contribution in [0.15, 0.2) is 41.3 Å². The molecule has 3 rings (SSSR count). The minimum absolute atomic E-state index is 0.0631. The van der Waals surface area contributed by atoms with E-state index in [1.807, 2.05) is 0 Å². The lowest BCUT2D eigenvalue weighted by Gasteiger charge is -2.23. The van der Waals surface area contributed by atoms with Crippen molar-refractivity contribution < 1.29 is 35.9 Å². The number of anilines is 1. The summed E-state index contributed by atoms with van der Waals surface area (Å²) < 4.78 is 86.6. The van der Waals surface area contributed by atoms with E-state index in [1.54, 1.807) is 20.8 Å². The average Bonchev–Trinajstić information content (AvgIpc) is 3.05. The Bertz CT molecular complexity index is 1290. The highest BCUT2D eigenvalue weighted by molar-refractivity contribution is 5.89. The number of imidazole rings is 1. The number of carbonyl (C=O) groups excluding carboxylic acids is 1. The number of benzene rings is 1. The number of pyridine rings is 1. The molecule has 0 aliphatic rings. The molecule has 0 saturated carbocycles. The van der Waals surface area contributed by atoms with Crippen molar-refractivity contribution in [2.24, 2.45) is 5.92 Å². The molecule has 0 spiro atoms. The third-order valence-electron chi connectivity index (χ3n) is 4.99. The van der Waals surface area contributed by atoms with Crippen molar-refractivity contribution in [1.82, 2.24) is 14.1 Å². The van der Waals surface area contributed by atoms with Gasteiger partial charge in [-0.15, -0.1) is 0 Å². The number of hydrogen-bond acceptors (Lipinski definition) is 5. The Kier molecular flexibility index (Phi) is 6.66. The van der Waals surface area contributed by atoms with Crippen LogP contribution < -0.4 is 11.3 Å². The highest BCUT2D eigenvalue weighted by Gasteiger charge is 2.56. The summed E-state index contributed by atoms with van der Waals surface area (Å²) in [5, 5.41) is 0. The van der Waals surface area contributed by atoms with E-state index in [1.165, 1.54) is 30.5 Å². The van der Waals surface area contributed by atoms with E-state index in [9.17, 15) is 35.9 Å². The molecule has 7 nitrogen and oxygen atoms in total. The average molecular weight is 504 g/mol. The van der Waals surface area contributed by atoms with Gasteiger partial charge in [0.25, 0.3) is 5.56 Å². The SMILES string of the molecule is CC(C)(C)OC(=O)n1c(Cn2cccc(N)c2=O)nc2c(CC(C(F)(F)F)C(F)(F)F)cccc21. The minimum atomic E-state index is -5.55. The number of hydrogen-bond donors (Lipinski definition) is 1. The van der Waals surface area contributed by atoms with E-state index in [-0.39, 0.29) is 34.7 Å². The van der Waals surface area contributed by atoms with Crippen LogP contribution in [0.1, 0.15) is 32.2 Å². The van der Waals surface area contributed by atoms with Crippen molar-refractivity contribution in [2.75, 3.05) is 5.73 Å². The number of alkyl halides is 6. The van der Waals surface area contributed by atoms with E-state index in [0.29, 0.717) is 0 Å². The molecule has 3 aromatic rings. The normalized spacial score (nSPS) is 13.0. The molecule has 1 aromatic carbocycles. The Labute approximate surface area is 195 Å². The van der Waals surface area contributed by atoms with Crippen molar-refractivity contribution in [2.45, 2.75) is 51.7 Å². The van der Waals surface area contributed by atoms with Crippen LogP contribution in [-0.4, -0.2) is 38.2 Å². The quantitative estimate of drug-likeness (QED) is 0.511. The van der Waals surface area contributed by atoms with Crippen LogP contribution in [0, 0.1) is 5.92 Å². The Balaban J connectivity index is 2.20. The highest BCUT2D eigenvalue weighted by Crippen LogP contribution is 2.42. The van der Waals surface area contributed by atoms with Gasteiger partial charge in [0.05, 0.1) is 23.3 Å². The lowest BCUT2D eigenvalue weighted by molar-refractivity contribution is -0.283. The standard InChI is InChI=1S/C22H22F6N4O3/c1-20(2,3)35-19(34)32-14-8-4-6-12(10-15(21(23,24)25)22(26,27)28)17(14)30-16(32)11-31-9-5-7-13(29)18(31)33/h4-9,15H,10-11,29H2,1-3H3. The van der Waals surface area contributed by atoms with Crippen LogP contribution in [0.3, 0.4) is 0 Å². The largest absolute Gasteiger partial charge is 0.443 e. The summed E-state index contributed by atoms with van der Waals surface area (Å²) in [5.74, 6) is -3.77. The van der Waals surface area contributed by atoms with E-state index >= 15 is 0 Å². The lowest BCUT2D eigenvalue weighted by atomic mass is 9.97. The number of para-hydroxylation sites is 1. The van der Waals surface area contributed by atoms with Gasteiger partial charge in [-0.3, -0.25) is 4.79 Å². The maximum absolute atomic E-state index is 13.2. The van der Waals surface area contributed by atoms with Crippen LogP contribution in [-0.2, 0) is 17.7 Å². The van der Waals surface area contributed by atoms with Crippen molar-refractivity contribution in [3.8, 4) is 0 Å². The number of rotatable bonds is 4. The van der Waals surface area contributed by atoms with E-state index in [4.69, 9.17) is 10.5 Å². The molecule has 0 bridgehead atoms. The number of nitrogens with two attached hydrogens (primary N) is 1. The third kappa shape index (κ3) is 5.77. The summed E-state index contributed by atoms with van der Waals surface area (Å²) >= 11 is 0. The molecule has 35 heavy (non-hydrogen) atoms. The fourth-order valence-corrected chi connectivity index (χ4v) is 3.46. The molecule has 0 aliphatic heterocycles. The second kappa shape index (κ2) is 8.93. The van der Waals surface area contributed by atoms with Gasteiger partial charge in [0.2, 0.25) is 0 Å². The van der Waals surface area contributed by atoms with Gasteiger partial charge >= 0.3 is 18.4 Å². The Morgan fingerprint density at radius 2 is 1.69 bits per heavy atom. The second-order valence-electron chi connectivity index (χ2n) is 8.87. The smallest absolute Gasteiger partial charge is 0.420 e. The van der Waals surface area contributed by atoms with Gasteiger partial charge in [0.1, 0.15) is 11.4 Å². The minimum Gasteiger partial charge on any atom is -0.443 e. The fraction of sp³-hybridized carbons (Fsp3) is 0.409. The predicted molar refractivity (Wildman–Crippen MR) is 115 cm³/mol. The Hall–Kier alpha value is -3.51. The second-order valence-corrected chi connectivity index (χ2v) is 8.87. The summed E-state index contributed by atoms with van der Waals surface area (Å²) in [6.07, 6.45) is -12.2. The van der Waals surface area contributed by atoms with Crippen molar-refractivity contribution in [1.29, 1.82) is 0 Å². The number of carbonyl (C=O) groups is 1. The molecule has 0 fully saturated rings. The topological polar surface area (TPSA) is 92.1 Å². The first-order valence-electron chi connectivity index (χ1n) is 10.3. The van der Waals surface area contributed by atoms with E-state index in [0.717, 1.165) is 15.2 Å². The summed E-state index contributed by atoms with van der Waals surface area (Å²) in [6, 6.07) is 6.43. The van der Waals surface area contributed by atoms with Gasteiger partial charge < -0.3 is 15.0 Å². The molecule has 0 radical (unpaired) electrons.